The molecule has 0 saturated carbocycles. The third-order valence-electron chi connectivity index (χ3n) is 2.16. The van der Waals surface area contributed by atoms with E-state index < -0.39 is 24.9 Å². The van der Waals surface area contributed by atoms with E-state index in [1.165, 1.54) is 0 Å². The van der Waals surface area contributed by atoms with Crippen LogP contribution in [0.2, 0.25) is 0 Å². The van der Waals surface area contributed by atoms with E-state index in [1.54, 1.807) is 0 Å². The molecule has 10 N–H and O–H groups in total. The minimum absolute atomic E-state index is 0. The molecule has 0 saturated heterocycles. The van der Waals surface area contributed by atoms with Crippen LogP contribution in [0.1, 0.15) is 19.8 Å². The van der Waals surface area contributed by atoms with Gasteiger partial charge in [-0.15, -0.1) is 12.4 Å². The van der Waals surface area contributed by atoms with E-state index in [-0.39, 0.29) is 30.6 Å². The van der Waals surface area contributed by atoms with Gasteiger partial charge in [-0.05, 0) is 6.42 Å². The molecule has 22 heavy (non-hydrogen) atoms. The second-order valence-electron chi connectivity index (χ2n) is 4.06. The van der Waals surface area contributed by atoms with Crippen LogP contribution in [0.5, 0.6) is 0 Å². The summed E-state index contributed by atoms with van der Waals surface area (Å²) in [4.78, 5) is 9.76. The number of hydrogen-bond donors (Lipinski definition) is 9. The standard InChI is InChI=1S/C6H15N5.C5H10O5.ClH/c1-2-3-4-10-6(9)11-5(7)8;6-1-3(8)5(10)4(9)2-7;/h2-4H2,1H3,(H6,7,8,9,10,11);1,3-5,7-10H,2H2;1H/t;3-,4+,5-;/m.0./s1. The van der Waals surface area contributed by atoms with Gasteiger partial charge in [-0.3, -0.25) is 16.1 Å². The average molecular weight is 344 g/mol. The summed E-state index contributed by atoms with van der Waals surface area (Å²) in [6.07, 6.45) is -2.53. The van der Waals surface area contributed by atoms with Crippen LogP contribution in [-0.4, -0.2) is 70.1 Å². The first kappa shape index (κ1) is 25.5. The minimum atomic E-state index is -1.64. The van der Waals surface area contributed by atoms with E-state index in [9.17, 15) is 4.79 Å². The third kappa shape index (κ3) is 14.9. The van der Waals surface area contributed by atoms with Gasteiger partial charge in [-0.1, -0.05) is 13.3 Å². The zero-order chi connectivity index (χ0) is 16.8. The van der Waals surface area contributed by atoms with Gasteiger partial charge < -0.3 is 36.3 Å². The Hall–Kier alpha value is -1.46. The number of rotatable bonds is 7. The summed E-state index contributed by atoms with van der Waals surface area (Å²) in [5, 5.41) is 53.1. The molecule has 3 atom stereocenters. The lowest BCUT2D eigenvalue weighted by atomic mass is 10.1. The van der Waals surface area contributed by atoms with Crippen LogP contribution < -0.4 is 16.4 Å². The maximum Gasteiger partial charge on any atom is 0.195 e. The van der Waals surface area contributed by atoms with Gasteiger partial charge in [0.25, 0.3) is 0 Å². The molecule has 0 bridgehead atoms. The van der Waals surface area contributed by atoms with Crippen LogP contribution in [0.4, 0.5) is 0 Å². The van der Waals surface area contributed by atoms with Crippen molar-refractivity contribution in [3.63, 3.8) is 0 Å². The molecule has 0 aromatic rings. The molecule has 0 aromatic carbocycles. The number of carbonyl (C=O) groups is 1. The molecule has 0 amide bonds. The molecule has 0 aliphatic heterocycles. The van der Waals surface area contributed by atoms with Gasteiger partial charge in [0.05, 0.1) is 6.61 Å². The molecule has 10 nitrogen and oxygen atoms in total. The molecular formula is C11H26ClN5O5. The van der Waals surface area contributed by atoms with Gasteiger partial charge in [-0.2, -0.15) is 0 Å². The molecular weight excluding hydrogens is 318 g/mol. The van der Waals surface area contributed by atoms with Crippen molar-refractivity contribution in [1.82, 2.24) is 10.6 Å². The van der Waals surface area contributed by atoms with Crippen molar-refractivity contribution in [2.24, 2.45) is 5.73 Å². The van der Waals surface area contributed by atoms with Crippen molar-refractivity contribution in [3.05, 3.63) is 0 Å². The topological polar surface area (TPSA) is 196 Å². The minimum Gasteiger partial charge on any atom is -0.394 e. The Morgan fingerprint density at radius 2 is 1.86 bits per heavy atom. The van der Waals surface area contributed by atoms with Gasteiger partial charge in [-0.25, -0.2) is 0 Å². The number of aliphatic hydroxyl groups is 4. The van der Waals surface area contributed by atoms with Gasteiger partial charge in [0.15, 0.2) is 18.2 Å². The summed E-state index contributed by atoms with van der Waals surface area (Å²) in [5.74, 6) is -0.120. The Kier molecular flexibility index (Phi) is 18.4. The van der Waals surface area contributed by atoms with Crippen molar-refractivity contribution in [3.8, 4) is 0 Å². The molecule has 0 aromatic heterocycles. The van der Waals surface area contributed by atoms with Crippen LogP contribution in [0.3, 0.4) is 0 Å². The fourth-order valence-electron chi connectivity index (χ4n) is 0.985. The molecule has 132 valence electrons. The Bertz CT molecular complexity index is 321. The lowest BCUT2D eigenvalue weighted by Gasteiger charge is -2.16. The van der Waals surface area contributed by atoms with E-state index in [2.05, 4.69) is 17.6 Å². The zero-order valence-electron chi connectivity index (χ0n) is 12.3. The van der Waals surface area contributed by atoms with E-state index in [0.717, 1.165) is 19.4 Å². The lowest BCUT2D eigenvalue weighted by Crippen LogP contribution is -2.43. The number of guanidine groups is 2. The summed E-state index contributed by atoms with van der Waals surface area (Å²) in [6, 6.07) is 0. The Morgan fingerprint density at radius 1 is 1.32 bits per heavy atom. The molecule has 0 unspecified atom stereocenters. The summed E-state index contributed by atoms with van der Waals surface area (Å²) >= 11 is 0. The number of carbonyl (C=O) groups excluding carboxylic acids is 1. The highest BCUT2D eigenvalue weighted by atomic mass is 35.5. The maximum atomic E-state index is 9.76. The van der Waals surface area contributed by atoms with Gasteiger partial charge in [0.2, 0.25) is 0 Å². The zero-order valence-corrected chi connectivity index (χ0v) is 13.1. The van der Waals surface area contributed by atoms with E-state index >= 15 is 0 Å². The first-order chi connectivity index (χ1) is 9.79. The predicted molar refractivity (Wildman–Crippen MR) is 84.1 cm³/mol. The molecule has 0 fully saturated rings. The normalized spacial score (nSPS) is 13.3. The van der Waals surface area contributed by atoms with Gasteiger partial charge >= 0.3 is 0 Å². The van der Waals surface area contributed by atoms with Crippen LogP contribution in [-0.2, 0) is 4.79 Å². The van der Waals surface area contributed by atoms with Crippen LogP contribution in [0, 0.1) is 10.8 Å². The summed E-state index contributed by atoms with van der Waals surface area (Å²) < 4.78 is 0. The van der Waals surface area contributed by atoms with E-state index in [1.807, 2.05) is 0 Å². The highest BCUT2D eigenvalue weighted by molar-refractivity contribution is 5.94. The number of aldehydes is 1. The van der Waals surface area contributed by atoms with Gasteiger partial charge in [0.1, 0.15) is 18.3 Å². The molecule has 0 spiro atoms. The smallest absolute Gasteiger partial charge is 0.195 e. The van der Waals surface area contributed by atoms with Crippen molar-refractivity contribution < 1.29 is 25.2 Å². The van der Waals surface area contributed by atoms with Crippen LogP contribution in [0.15, 0.2) is 0 Å². The molecule has 0 aliphatic carbocycles. The first-order valence-corrected chi connectivity index (χ1v) is 6.33. The van der Waals surface area contributed by atoms with Gasteiger partial charge in [0, 0.05) is 6.54 Å². The number of unbranched alkanes of at least 4 members (excludes halogenated alkanes) is 1. The van der Waals surface area contributed by atoms with Crippen LogP contribution >= 0.6 is 12.4 Å². The first-order valence-electron chi connectivity index (χ1n) is 6.33. The lowest BCUT2D eigenvalue weighted by molar-refractivity contribution is -0.127. The SMILES string of the molecule is CCCCNC(=N)NC(=N)N.Cl.O=C[C@H](O)[C@H](O)[C@H](O)CO. The van der Waals surface area contributed by atoms with E-state index in [0.29, 0.717) is 0 Å². The van der Waals surface area contributed by atoms with E-state index in [4.69, 9.17) is 37.0 Å². The molecule has 0 heterocycles. The largest absolute Gasteiger partial charge is 0.394 e. The third-order valence-corrected chi connectivity index (χ3v) is 2.16. The summed E-state index contributed by atoms with van der Waals surface area (Å²) in [7, 11) is 0. The molecule has 0 rings (SSSR count). The number of hydrogen-bond acceptors (Lipinski definition) is 7. The average Bonchev–Trinajstić information content (AvgIpc) is 2.44. The van der Waals surface area contributed by atoms with Crippen molar-refractivity contribution in [2.45, 2.75) is 38.1 Å². The summed E-state index contributed by atoms with van der Waals surface area (Å²) in [5.41, 5.74) is 4.99. The molecule has 11 heteroatoms. The second kappa shape index (κ2) is 15.9. The highest BCUT2D eigenvalue weighted by Crippen LogP contribution is 1.96. The second-order valence-corrected chi connectivity index (χ2v) is 4.06. The fraction of sp³-hybridized carbons (Fsp3) is 0.727. The highest BCUT2D eigenvalue weighted by Gasteiger charge is 2.22. The Balaban J connectivity index is -0.000000315. The Labute approximate surface area is 135 Å². The predicted octanol–water partition coefficient (Wildman–Crippen LogP) is -2.52. The number of nitrogens with two attached hydrogens (primary N) is 1. The molecule has 0 aliphatic rings. The number of nitrogens with one attached hydrogen (secondary N) is 4. The maximum absolute atomic E-state index is 9.76. The fourth-order valence-corrected chi connectivity index (χ4v) is 0.985. The quantitative estimate of drug-likeness (QED) is 0.104. The summed E-state index contributed by atoms with van der Waals surface area (Å²) in [6.45, 7) is 2.13. The van der Waals surface area contributed by atoms with Crippen LogP contribution in [0.25, 0.3) is 0 Å². The van der Waals surface area contributed by atoms with Crippen molar-refractivity contribution >= 4 is 30.6 Å². The molecule has 0 radical (unpaired) electrons. The van der Waals surface area contributed by atoms with Crippen molar-refractivity contribution in [1.29, 1.82) is 10.8 Å². The number of aliphatic hydroxyl groups excluding tert-OH is 4. The van der Waals surface area contributed by atoms with Crippen molar-refractivity contribution in [2.75, 3.05) is 13.2 Å². The number of halogens is 1. The Morgan fingerprint density at radius 3 is 2.23 bits per heavy atom. The monoisotopic (exact) mass is 343 g/mol.